The minimum absolute atomic E-state index is 0.564. The van der Waals surface area contributed by atoms with Crippen molar-refractivity contribution in [1.82, 2.24) is 15.0 Å². The molecule has 0 bridgehead atoms. The first-order valence-corrected chi connectivity index (χ1v) is 6.92. The van der Waals surface area contributed by atoms with Gasteiger partial charge in [0.1, 0.15) is 5.69 Å². The molecule has 0 aliphatic heterocycles. The van der Waals surface area contributed by atoms with Gasteiger partial charge in [-0.25, -0.2) is 0 Å². The van der Waals surface area contributed by atoms with Crippen LogP contribution in [0.2, 0.25) is 0 Å². The fourth-order valence-electron chi connectivity index (χ4n) is 2.42. The lowest BCUT2D eigenvalue weighted by molar-refractivity contribution is 0.810. The van der Waals surface area contributed by atoms with Gasteiger partial charge in [0.25, 0.3) is 0 Å². The van der Waals surface area contributed by atoms with E-state index in [9.17, 15) is 0 Å². The van der Waals surface area contributed by atoms with Crippen LogP contribution in [0, 0.1) is 20.8 Å². The third-order valence-corrected chi connectivity index (χ3v) is 3.60. The number of hydrogen-bond acceptors (Lipinski definition) is 3. The van der Waals surface area contributed by atoms with Gasteiger partial charge in [0.05, 0.1) is 5.69 Å². The average molecular weight is 278 g/mol. The molecule has 0 spiro atoms. The van der Waals surface area contributed by atoms with Crippen molar-refractivity contribution in [2.75, 3.05) is 5.73 Å². The van der Waals surface area contributed by atoms with Gasteiger partial charge >= 0.3 is 0 Å². The smallest absolute Gasteiger partial charge is 0.155 e. The van der Waals surface area contributed by atoms with Crippen LogP contribution < -0.4 is 5.73 Å². The summed E-state index contributed by atoms with van der Waals surface area (Å²) in [6.45, 7) is 6.16. The van der Waals surface area contributed by atoms with Crippen LogP contribution in [0.1, 0.15) is 16.7 Å². The quantitative estimate of drug-likeness (QED) is 0.781. The summed E-state index contributed by atoms with van der Waals surface area (Å²) in [7, 11) is 0. The van der Waals surface area contributed by atoms with Gasteiger partial charge in [-0.3, -0.25) is 0 Å². The summed E-state index contributed by atoms with van der Waals surface area (Å²) in [5.74, 6) is 0.564. The topological polar surface area (TPSA) is 56.7 Å². The van der Waals surface area contributed by atoms with Crippen molar-refractivity contribution in [2.24, 2.45) is 0 Å². The predicted octanol–water partition coefficient (Wildman–Crippen LogP) is 3.44. The predicted molar refractivity (Wildman–Crippen MR) is 85.4 cm³/mol. The third kappa shape index (κ3) is 2.40. The highest BCUT2D eigenvalue weighted by molar-refractivity contribution is 5.74. The SMILES string of the molecule is Cc1cccc(-n2nnc(-c3cc(C)ccc3C)c2N)c1. The molecule has 0 radical (unpaired) electrons. The van der Waals surface area contributed by atoms with Crippen molar-refractivity contribution in [3.63, 3.8) is 0 Å². The summed E-state index contributed by atoms with van der Waals surface area (Å²) in [6.07, 6.45) is 0. The van der Waals surface area contributed by atoms with E-state index in [-0.39, 0.29) is 0 Å². The monoisotopic (exact) mass is 278 g/mol. The van der Waals surface area contributed by atoms with E-state index in [1.807, 2.05) is 31.2 Å². The zero-order valence-electron chi connectivity index (χ0n) is 12.5. The number of nitrogens with zero attached hydrogens (tertiary/aromatic N) is 3. The van der Waals surface area contributed by atoms with E-state index in [2.05, 4.69) is 42.4 Å². The van der Waals surface area contributed by atoms with E-state index in [1.165, 1.54) is 5.56 Å². The first-order valence-electron chi connectivity index (χ1n) is 6.92. The summed E-state index contributed by atoms with van der Waals surface area (Å²) in [5, 5.41) is 8.50. The molecule has 0 unspecified atom stereocenters. The molecule has 0 atom stereocenters. The van der Waals surface area contributed by atoms with Crippen LogP contribution in [0.4, 0.5) is 5.82 Å². The Morgan fingerprint density at radius 1 is 0.952 bits per heavy atom. The highest BCUT2D eigenvalue weighted by atomic mass is 15.5. The van der Waals surface area contributed by atoms with Crippen LogP contribution in [0.25, 0.3) is 16.9 Å². The van der Waals surface area contributed by atoms with Gasteiger partial charge in [-0.05, 0) is 50.1 Å². The second-order valence-corrected chi connectivity index (χ2v) is 5.39. The second kappa shape index (κ2) is 5.05. The minimum atomic E-state index is 0.564. The van der Waals surface area contributed by atoms with Gasteiger partial charge in [-0.1, -0.05) is 35.0 Å². The molecule has 2 N–H and O–H groups in total. The maximum absolute atomic E-state index is 6.27. The molecule has 3 aromatic rings. The molecule has 106 valence electrons. The van der Waals surface area contributed by atoms with E-state index >= 15 is 0 Å². The van der Waals surface area contributed by atoms with Crippen molar-refractivity contribution in [3.05, 3.63) is 59.2 Å². The second-order valence-electron chi connectivity index (χ2n) is 5.39. The van der Waals surface area contributed by atoms with Crippen LogP contribution in [0.15, 0.2) is 42.5 Å². The highest BCUT2D eigenvalue weighted by Crippen LogP contribution is 2.28. The van der Waals surface area contributed by atoms with Gasteiger partial charge < -0.3 is 5.73 Å². The van der Waals surface area contributed by atoms with E-state index in [4.69, 9.17) is 5.73 Å². The minimum Gasteiger partial charge on any atom is -0.382 e. The van der Waals surface area contributed by atoms with Crippen molar-refractivity contribution in [1.29, 1.82) is 0 Å². The molecule has 1 heterocycles. The maximum Gasteiger partial charge on any atom is 0.155 e. The first kappa shape index (κ1) is 13.4. The normalized spacial score (nSPS) is 10.8. The van der Waals surface area contributed by atoms with Crippen LogP contribution >= 0.6 is 0 Å². The maximum atomic E-state index is 6.27. The molecule has 4 heteroatoms. The molecule has 2 aromatic carbocycles. The Kier molecular flexibility index (Phi) is 3.22. The Balaban J connectivity index is 2.13. The number of rotatable bonds is 2. The van der Waals surface area contributed by atoms with E-state index < -0.39 is 0 Å². The van der Waals surface area contributed by atoms with Gasteiger partial charge in [0, 0.05) is 5.56 Å². The molecule has 0 saturated carbocycles. The van der Waals surface area contributed by atoms with Gasteiger partial charge in [-0.2, -0.15) is 4.68 Å². The van der Waals surface area contributed by atoms with Crippen LogP contribution in [0.5, 0.6) is 0 Å². The molecule has 0 aliphatic rings. The van der Waals surface area contributed by atoms with Gasteiger partial charge in [0.15, 0.2) is 5.82 Å². The number of aromatic nitrogens is 3. The Morgan fingerprint density at radius 2 is 1.71 bits per heavy atom. The van der Waals surface area contributed by atoms with E-state index in [1.54, 1.807) is 4.68 Å². The van der Waals surface area contributed by atoms with E-state index in [0.29, 0.717) is 5.82 Å². The number of anilines is 1. The Hall–Kier alpha value is -2.62. The number of benzene rings is 2. The number of nitrogens with two attached hydrogens (primary N) is 1. The molecular formula is C17H18N4. The summed E-state index contributed by atoms with van der Waals surface area (Å²) in [5.41, 5.74) is 12.5. The van der Waals surface area contributed by atoms with Crippen molar-refractivity contribution >= 4 is 5.82 Å². The lowest BCUT2D eigenvalue weighted by atomic mass is 10.0. The zero-order chi connectivity index (χ0) is 15.0. The van der Waals surface area contributed by atoms with Crippen LogP contribution in [-0.2, 0) is 0 Å². The zero-order valence-corrected chi connectivity index (χ0v) is 12.5. The molecule has 0 saturated heterocycles. The molecule has 21 heavy (non-hydrogen) atoms. The summed E-state index contributed by atoms with van der Waals surface area (Å²) in [6, 6.07) is 14.3. The summed E-state index contributed by atoms with van der Waals surface area (Å²) in [4.78, 5) is 0. The lowest BCUT2D eigenvalue weighted by Gasteiger charge is -2.07. The first-order chi connectivity index (χ1) is 10.1. The van der Waals surface area contributed by atoms with Gasteiger partial charge in [0.2, 0.25) is 0 Å². The molecule has 0 amide bonds. The van der Waals surface area contributed by atoms with Crippen molar-refractivity contribution in [2.45, 2.75) is 20.8 Å². The van der Waals surface area contributed by atoms with Gasteiger partial charge in [-0.15, -0.1) is 5.10 Å². The Labute approximate surface area is 124 Å². The van der Waals surface area contributed by atoms with Crippen molar-refractivity contribution in [3.8, 4) is 16.9 Å². The number of hydrogen-bond donors (Lipinski definition) is 1. The molecule has 0 fully saturated rings. The molecule has 3 rings (SSSR count). The van der Waals surface area contributed by atoms with E-state index in [0.717, 1.165) is 28.1 Å². The largest absolute Gasteiger partial charge is 0.382 e. The number of aryl methyl sites for hydroxylation is 3. The third-order valence-electron chi connectivity index (χ3n) is 3.60. The van der Waals surface area contributed by atoms with Crippen molar-refractivity contribution < 1.29 is 0 Å². The lowest BCUT2D eigenvalue weighted by Crippen LogP contribution is -2.02. The Bertz CT molecular complexity index is 802. The molecule has 4 nitrogen and oxygen atoms in total. The fraction of sp³-hybridized carbons (Fsp3) is 0.176. The standard InChI is InChI=1S/C17H18N4/c1-11-5-4-6-14(9-11)21-17(18)16(19-20-21)15-10-12(2)7-8-13(15)3/h4-10H,18H2,1-3H3. The van der Waals surface area contributed by atoms with Crippen LogP contribution in [0.3, 0.4) is 0 Å². The van der Waals surface area contributed by atoms with Crippen LogP contribution in [-0.4, -0.2) is 15.0 Å². The average Bonchev–Trinajstić information content (AvgIpc) is 2.83. The molecular weight excluding hydrogens is 260 g/mol. The number of nitrogen functional groups attached to an aromatic ring is 1. The molecule has 0 aliphatic carbocycles. The Morgan fingerprint density at radius 3 is 2.48 bits per heavy atom. The summed E-state index contributed by atoms with van der Waals surface area (Å²) < 4.78 is 1.68. The highest BCUT2D eigenvalue weighted by Gasteiger charge is 2.15. The fourth-order valence-corrected chi connectivity index (χ4v) is 2.42. The molecule has 1 aromatic heterocycles. The summed E-state index contributed by atoms with van der Waals surface area (Å²) >= 11 is 0.